The summed E-state index contributed by atoms with van der Waals surface area (Å²) in [6.45, 7) is 3.42. The first-order valence-electron chi connectivity index (χ1n) is 8.73. The molecule has 0 radical (unpaired) electrons. The van der Waals surface area contributed by atoms with E-state index in [-0.39, 0.29) is 5.91 Å². The zero-order valence-corrected chi connectivity index (χ0v) is 15.7. The number of benzene rings is 2. The monoisotopic (exact) mass is 377 g/mol. The summed E-state index contributed by atoms with van der Waals surface area (Å²) in [6.07, 6.45) is 2.05. The molecule has 0 saturated carbocycles. The smallest absolute Gasteiger partial charge is 0.255 e. The maximum absolute atomic E-state index is 12.6. The molecular weight excluding hydrogens is 358 g/mol. The first-order chi connectivity index (χ1) is 13.2. The topological polar surface area (TPSA) is 56.2 Å². The summed E-state index contributed by atoms with van der Waals surface area (Å²) in [4.78, 5) is 16.8. The summed E-state index contributed by atoms with van der Waals surface area (Å²) in [5.41, 5.74) is 5.14. The fourth-order valence-electron chi connectivity index (χ4n) is 2.95. The number of nitrogens with zero attached hydrogens (tertiary/aromatic N) is 2. The third-order valence-electron chi connectivity index (χ3n) is 4.34. The van der Waals surface area contributed by atoms with Gasteiger partial charge in [0, 0.05) is 40.3 Å². The van der Waals surface area contributed by atoms with Crippen molar-refractivity contribution < 1.29 is 9.53 Å². The molecule has 0 spiro atoms. The Morgan fingerprint density at radius 3 is 2.96 bits per heavy atom. The minimum atomic E-state index is -0.164. The van der Waals surface area contributed by atoms with Gasteiger partial charge in [-0.2, -0.15) is 0 Å². The van der Waals surface area contributed by atoms with Crippen LogP contribution in [0.1, 0.15) is 23.0 Å². The van der Waals surface area contributed by atoms with Gasteiger partial charge in [-0.3, -0.25) is 4.79 Å². The first-order valence-corrected chi connectivity index (χ1v) is 9.67. The molecule has 2 heterocycles. The summed E-state index contributed by atoms with van der Waals surface area (Å²) < 4.78 is 7.90. The van der Waals surface area contributed by atoms with E-state index < -0.39 is 0 Å². The second-order valence-corrected chi connectivity index (χ2v) is 6.84. The van der Waals surface area contributed by atoms with Gasteiger partial charge < -0.3 is 14.6 Å². The van der Waals surface area contributed by atoms with Crippen molar-refractivity contribution in [1.29, 1.82) is 0 Å². The van der Waals surface area contributed by atoms with Gasteiger partial charge in [0.1, 0.15) is 12.4 Å². The molecule has 2 aromatic carbocycles. The molecule has 1 N–H and O–H groups in total. The molecule has 5 nitrogen and oxygen atoms in total. The minimum Gasteiger partial charge on any atom is -0.487 e. The fraction of sp³-hybridized carbons (Fsp3) is 0.143. The molecule has 6 heteroatoms. The van der Waals surface area contributed by atoms with E-state index in [0.717, 1.165) is 28.8 Å². The van der Waals surface area contributed by atoms with Gasteiger partial charge in [0.2, 0.25) is 0 Å². The lowest BCUT2D eigenvalue weighted by atomic mass is 10.2. The lowest BCUT2D eigenvalue weighted by Crippen LogP contribution is -2.12. The fourth-order valence-corrected chi connectivity index (χ4v) is 3.49. The molecule has 0 aliphatic heterocycles. The molecule has 0 aliphatic carbocycles. The van der Waals surface area contributed by atoms with Crippen molar-refractivity contribution in [3.05, 3.63) is 76.9 Å². The van der Waals surface area contributed by atoms with Crippen LogP contribution in [0.2, 0.25) is 0 Å². The molecule has 0 atom stereocenters. The van der Waals surface area contributed by atoms with Gasteiger partial charge in [-0.05, 0) is 49.4 Å². The van der Waals surface area contributed by atoms with Crippen LogP contribution in [0.3, 0.4) is 0 Å². The van der Waals surface area contributed by atoms with Crippen molar-refractivity contribution in [1.82, 2.24) is 9.55 Å². The number of aromatic nitrogens is 2. The number of carbonyl (C=O) groups is 1. The van der Waals surface area contributed by atoms with E-state index in [1.54, 1.807) is 17.6 Å². The predicted molar refractivity (Wildman–Crippen MR) is 108 cm³/mol. The quantitative estimate of drug-likeness (QED) is 0.517. The molecule has 4 rings (SSSR count). The first kappa shape index (κ1) is 17.3. The summed E-state index contributed by atoms with van der Waals surface area (Å²) >= 11 is 1.53. The summed E-state index contributed by atoms with van der Waals surface area (Å²) in [7, 11) is 0. The largest absolute Gasteiger partial charge is 0.487 e. The minimum absolute atomic E-state index is 0.164. The number of fused-ring (bicyclic) bond motifs is 1. The molecular formula is C21H19N3O2S. The van der Waals surface area contributed by atoms with E-state index in [9.17, 15) is 4.79 Å². The van der Waals surface area contributed by atoms with Crippen LogP contribution in [0.4, 0.5) is 5.69 Å². The highest BCUT2D eigenvalue weighted by molar-refractivity contribution is 7.07. The summed E-state index contributed by atoms with van der Waals surface area (Å²) in [6, 6.07) is 15.2. The Kier molecular flexibility index (Phi) is 4.89. The van der Waals surface area contributed by atoms with Crippen molar-refractivity contribution in [3.8, 4) is 5.75 Å². The maximum Gasteiger partial charge on any atom is 0.255 e. The van der Waals surface area contributed by atoms with Crippen LogP contribution in [0.15, 0.2) is 65.6 Å². The summed E-state index contributed by atoms with van der Waals surface area (Å²) in [5, 5.41) is 6.01. The highest BCUT2D eigenvalue weighted by atomic mass is 32.1. The van der Waals surface area contributed by atoms with E-state index in [1.807, 2.05) is 35.7 Å². The number of hydrogen-bond acceptors (Lipinski definition) is 4. The van der Waals surface area contributed by atoms with Crippen molar-refractivity contribution in [3.63, 3.8) is 0 Å². The van der Waals surface area contributed by atoms with Crippen LogP contribution in [0.5, 0.6) is 5.75 Å². The van der Waals surface area contributed by atoms with Crippen molar-refractivity contribution in [2.75, 3.05) is 5.32 Å². The van der Waals surface area contributed by atoms with Crippen LogP contribution in [0.25, 0.3) is 10.9 Å². The zero-order valence-electron chi connectivity index (χ0n) is 14.9. The van der Waals surface area contributed by atoms with Gasteiger partial charge in [-0.1, -0.05) is 6.07 Å². The normalized spacial score (nSPS) is 10.9. The Morgan fingerprint density at radius 1 is 1.22 bits per heavy atom. The third-order valence-corrected chi connectivity index (χ3v) is 4.97. The van der Waals surface area contributed by atoms with Crippen LogP contribution in [-0.4, -0.2) is 15.5 Å². The molecule has 0 aliphatic rings. The Bertz CT molecular complexity index is 1070. The van der Waals surface area contributed by atoms with Crippen molar-refractivity contribution in [2.24, 2.45) is 0 Å². The number of ether oxygens (including phenoxy) is 1. The number of aryl methyl sites for hydroxylation is 1. The van der Waals surface area contributed by atoms with Gasteiger partial charge in [-0.15, -0.1) is 11.3 Å². The number of rotatable bonds is 6. The van der Waals surface area contributed by atoms with Gasteiger partial charge in [-0.25, -0.2) is 4.98 Å². The zero-order chi connectivity index (χ0) is 18.6. The SMILES string of the molecule is CCn1ccc2cc(NC(=O)c3cccc(OCc4cscn4)c3)ccc21. The highest BCUT2D eigenvalue weighted by Gasteiger charge is 2.09. The second kappa shape index (κ2) is 7.63. The lowest BCUT2D eigenvalue weighted by molar-refractivity contribution is 0.102. The number of nitrogens with one attached hydrogen (secondary N) is 1. The standard InChI is InChI=1S/C21H19N3O2S/c1-2-24-9-8-15-10-17(6-7-20(15)24)23-21(25)16-4-3-5-19(11-16)26-12-18-13-27-14-22-18/h3-11,13-14H,2,12H2,1H3,(H,23,25). The second-order valence-electron chi connectivity index (χ2n) is 6.13. The van der Waals surface area contributed by atoms with Crippen LogP contribution < -0.4 is 10.1 Å². The average molecular weight is 377 g/mol. The van der Waals surface area contributed by atoms with Gasteiger partial charge in [0.15, 0.2) is 0 Å². The molecule has 0 bridgehead atoms. The third kappa shape index (κ3) is 3.85. The van der Waals surface area contributed by atoms with Gasteiger partial charge in [0.05, 0.1) is 11.2 Å². The Labute approximate surface area is 161 Å². The molecule has 0 unspecified atom stereocenters. The molecule has 0 fully saturated rings. The number of anilines is 1. The molecule has 2 aromatic heterocycles. The molecule has 0 saturated heterocycles. The predicted octanol–water partition coefficient (Wildman–Crippen LogP) is 4.95. The molecule has 27 heavy (non-hydrogen) atoms. The van der Waals surface area contributed by atoms with Gasteiger partial charge >= 0.3 is 0 Å². The molecule has 1 amide bonds. The van der Waals surface area contributed by atoms with E-state index in [0.29, 0.717) is 17.9 Å². The Balaban J connectivity index is 1.47. The van der Waals surface area contributed by atoms with Crippen molar-refractivity contribution in [2.45, 2.75) is 20.1 Å². The maximum atomic E-state index is 12.6. The van der Waals surface area contributed by atoms with E-state index in [4.69, 9.17) is 4.74 Å². The lowest BCUT2D eigenvalue weighted by Gasteiger charge is -2.09. The number of hydrogen-bond donors (Lipinski definition) is 1. The van der Waals surface area contributed by atoms with Gasteiger partial charge in [0.25, 0.3) is 5.91 Å². The molecule has 136 valence electrons. The van der Waals surface area contributed by atoms with E-state index in [1.165, 1.54) is 11.3 Å². The Hall–Kier alpha value is -3.12. The summed E-state index contributed by atoms with van der Waals surface area (Å²) in [5.74, 6) is 0.481. The van der Waals surface area contributed by atoms with Crippen LogP contribution in [0, 0.1) is 0 Å². The number of amides is 1. The highest BCUT2D eigenvalue weighted by Crippen LogP contribution is 2.22. The van der Waals surface area contributed by atoms with Crippen LogP contribution >= 0.6 is 11.3 Å². The average Bonchev–Trinajstić information content (AvgIpc) is 3.35. The van der Waals surface area contributed by atoms with E-state index >= 15 is 0 Å². The van der Waals surface area contributed by atoms with Crippen molar-refractivity contribution >= 4 is 33.8 Å². The molecule has 4 aromatic rings. The van der Waals surface area contributed by atoms with Crippen LogP contribution in [-0.2, 0) is 13.2 Å². The Morgan fingerprint density at radius 2 is 2.15 bits per heavy atom. The number of carbonyl (C=O) groups excluding carboxylic acids is 1. The van der Waals surface area contributed by atoms with E-state index in [2.05, 4.69) is 34.1 Å². The number of thiazole rings is 1.